The van der Waals surface area contributed by atoms with Crippen LogP contribution in [0.4, 0.5) is 0 Å². The number of aromatic nitrogens is 4. The van der Waals surface area contributed by atoms with Crippen molar-refractivity contribution in [2.75, 3.05) is 0 Å². The molecule has 0 radical (unpaired) electrons. The van der Waals surface area contributed by atoms with E-state index < -0.39 is 0 Å². The molecule has 0 aliphatic rings. The van der Waals surface area contributed by atoms with E-state index in [2.05, 4.69) is 19.9 Å². The standard InChI is InChI=1S/C10H13ClN4O/c1-4-10(2,3)16-8-6-7(13-5-12-6)14-9(11)15-8/h5H,4H2,1-3H3,(H,12,13,14,15). The highest BCUT2D eigenvalue weighted by atomic mass is 35.5. The fourth-order valence-electron chi connectivity index (χ4n) is 1.19. The van der Waals surface area contributed by atoms with Crippen LogP contribution < -0.4 is 4.74 Å². The fraction of sp³-hybridized carbons (Fsp3) is 0.500. The minimum atomic E-state index is -0.296. The molecule has 86 valence electrons. The second-order valence-corrected chi connectivity index (χ2v) is 4.45. The lowest BCUT2D eigenvalue weighted by Gasteiger charge is -2.23. The minimum absolute atomic E-state index is 0.140. The van der Waals surface area contributed by atoms with Crippen molar-refractivity contribution in [1.82, 2.24) is 19.9 Å². The number of halogens is 1. The molecule has 0 aromatic carbocycles. The molecule has 2 aromatic heterocycles. The van der Waals surface area contributed by atoms with Gasteiger partial charge in [0, 0.05) is 0 Å². The second-order valence-electron chi connectivity index (χ2n) is 4.11. The van der Waals surface area contributed by atoms with Crippen LogP contribution in [0.25, 0.3) is 11.2 Å². The van der Waals surface area contributed by atoms with Gasteiger partial charge in [-0.15, -0.1) is 0 Å². The first-order valence-corrected chi connectivity index (χ1v) is 5.45. The summed E-state index contributed by atoms with van der Waals surface area (Å²) in [4.78, 5) is 15.0. The van der Waals surface area contributed by atoms with Crippen molar-refractivity contribution in [2.24, 2.45) is 0 Å². The Labute approximate surface area is 98.2 Å². The maximum absolute atomic E-state index is 5.80. The summed E-state index contributed by atoms with van der Waals surface area (Å²) in [6.07, 6.45) is 2.41. The predicted molar refractivity (Wildman–Crippen MR) is 61.7 cm³/mol. The van der Waals surface area contributed by atoms with Gasteiger partial charge in [0.1, 0.15) is 11.1 Å². The zero-order chi connectivity index (χ0) is 11.8. The van der Waals surface area contributed by atoms with Crippen LogP contribution in [0.2, 0.25) is 5.28 Å². The summed E-state index contributed by atoms with van der Waals surface area (Å²) in [6.45, 7) is 6.03. The third-order valence-electron chi connectivity index (χ3n) is 2.45. The first kappa shape index (κ1) is 11.1. The molecule has 0 fully saturated rings. The van der Waals surface area contributed by atoms with E-state index in [0.717, 1.165) is 6.42 Å². The number of aromatic amines is 1. The normalized spacial score (nSPS) is 12.0. The molecule has 0 saturated heterocycles. The van der Waals surface area contributed by atoms with E-state index in [1.165, 1.54) is 0 Å². The van der Waals surface area contributed by atoms with Crippen LogP contribution >= 0.6 is 11.6 Å². The van der Waals surface area contributed by atoms with E-state index in [1.807, 2.05) is 20.8 Å². The van der Waals surface area contributed by atoms with E-state index in [4.69, 9.17) is 16.3 Å². The van der Waals surface area contributed by atoms with Crippen molar-refractivity contribution in [1.29, 1.82) is 0 Å². The Kier molecular flexibility index (Phi) is 2.71. The van der Waals surface area contributed by atoms with Gasteiger partial charge < -0.3 is 9.72 Å². The topological polar surface area (TPSA) is 63.7 Å². The van der Waals surface area contributed by atoms with Gasteiger partial charge in [0.05, 0.1) is 6.33 Å². The molecule has 2 heterocycles. The molecular weight excluding hydrogens is 228 g/mol. The van der Waals surface area contributed by atoms with Crippen LogP contribution in [0.15, 0.2) is 6.33 Å². The molecule has 2 aromatic rings. The van der Waals surface area contributed by atoms with E-state index >= 15 is 0 Å². The Bertz CT molecular complexity index is 508. The average Bonchev–Trinajstić information content (AvgIpc) is 2.65. The predicted octanol–water partition coefficient (Wildman–Crippen LogP) is 2.57. The molecule has 0 aliphatic carbocycles. The zero-order valence-electron chi connectivity index (χ0n) is 9.41. The number of rotatable bonds is 3. The minimum Gasteiger partial charge on any atom is -0.470 e. The van der Waals surface area contributed by atoms with Gasteiger partial charge >= 0.3 is 0 Å². The van der Waals surface area contributed by atoms with Gasteiger partial charge in [-0.05, 0) is 31.9 Å². The Hall–Kier alpha value is -1.36. The number of imidazole rings is 1. The van der Waals surface area contributed by atoms with Gasteiger partial charge in [-0.2, -0.15) is 9.97 Å². The lowest BCUT2D eigenvalue weighted by molar-refractivity contribution is 0.101. The average molecular weight is 241 g/mol. The van der Waals surface area contributed by atoms with E-state index in [-0.39, 0.29) is 10.9 Å². The molecule has 0 aliphatic heterocycles. The van der Waals surface area contributed by atoms with Crippen LogP contribution in [0.1, 0.15) is 27.2 Å². The number of fused-ring (bicyclic) bond motifs is 1. The first-order chi connectivity index (χ1) is 7.52. The van der Waals surface area contributed by atoms with Crippen LogP contribution in [0.3, 0.4) is 0 Å². The summed E-state index contributed by atoms with van der Waals surface area (Å²) >= 11 is 5.80. The molecule has 0 amide bonds. The summed E-state index contributed by atoms with van der Waals surface area (Å²) in [7, 11) is 0. The number of hydrogen-bond acceptors (Lipinski definition) is 4. The lowest BCUT2D eigenvalue weighted by Crippen LogP contribution is -2.27. The second kappa shape index (κ2) is 3.90. The molecule has 16 heavy (non-hydrogen) atoms. The highest BCUT2D eigenvalue weighted by Gasteiger charge is 2.20. The van der Waals surface area contributed by atoms with Gasteiger partial charge in [-0.3, -0.25) is 0 Å². The molecular formula is C10H13ClN4O. The number of nitrogens with zero attached hydrogens (tertiary/aromatic N) is 3. The summed E-state index contributed by atoms with van der Waals surface area (Å²) in [5.74, 6) is 0.444. The van der Waals surface area contributed by atoms with Gasteiger partial charge in [-0.1, -0.05) is 6.92 Å². The number of nitrogens with one attached hydrogen (secondary N) is 1. The Morgan fingerprint density at radius 3 is 2.88 bits per heavy atom. The molecule has 0 bridgehead atoms. The molecule has 0 saturated carbocycles. The quantitative estimate of drug-likeness (QED) is 0.838. The van der Waals surface area contributed by atoms with Crippen molar-refractivity contribution in [3.8, 4) is 5.88 Å². The van der Waals surface area contributed by atoms with E-state index in [1.54, 1.807) is 6.33 Å². The molecule has 2 rings (SSSR count). The summed E-state index contributed by atoms with van der Waals surface area (Å²) in [6, 6.07) is 0. The van der Waals surface area contributed by atoms with Crippen molar-refractivity contribution in [3.63, 3.8) is 0 Å². The molecule has 0 unspecified atom stereocenters. The molecule has 0 atom stereocenters. The number of hydrogen-bond donors (Lipinski definition) is 1. The van der Waals surface area contributed by atoms with E-state index in [9.17, 15) is 0 Å². The van der Waals surface area contributed by atoms with Crippen LogP contribution in [-0.2, 0) is 0 Å². The van der Waals surface area contributed by atoms with Crippen LogP contribution in [0, 0.1) is 0 Å². The number of ether oxygens (including phenoxy) is 1. The maximum Gasteiger partial charge on any atom is 0.245 e. The SMILES string of the molecule is CCC(C)(C)Oc1nc(Cl)nc2nc[nH]c12. The summed E-state index contributed by atoms with van der Waals surface area (Å²) in [5, 5.41) is 0.140. The largest absolute Gasteiger partial charge is 0.470 e. The third kappa shape index (κ3) is 2.09. The van der Waals surface area contributed by atoms with Crippen molar-refractivity contribution < 1.29 is 4.74 Å². The smallest absolute Gasteiger partial charge is 0.245 e. The van der Waals surface area contributed by atoms with Crippen molar-refractivity contribution in [2.45, 2.75) is 32.8 Å². The van der Waals surface area contributed by atoms with Gasteiger partial charge in [0.15, 0.2) is 5.65 Å². The summed E-state index contributed by atoms with van der Waals surface area (Å²) in [5.41, 5.74) is 0.892. The highest BCUT2D eigenvalue weighted by Crippen LogP contribution is 2.25. The third-order valence-corrected chi connectivity index (χ3v) is 2.62. The maximum atomic E-state index is 5.80. The van der Waals surface area contributed by atoms with Gasteiger partial charge in [-0.25, -0.2) is 4.98 Å². The van der Waals surface area contributed by atoms with Gasteiger partial charge in [0.2, 0.25) is 11.2 Å². The molecule has 5 nitrogen and oxygen atoms in total. The summed E-state index contributed by atoms with van der Waals surface area (Å²) < 4.78 is 5.80. The Morgan fingerprint density at radius 1 is 1.44 bits per heavy atom. The van der Waals surface area contributed by atoms with Crippen LogP contribution in [-0.4, -0.2) is 25.5 Å². The molecule has 1 N–H and O–H groups in total. The van der Waals surface area contributed by atoms with Crippen LogP contribution in [0.5, 0.6) is 5.88 Å². The highest BCUT2D eigenvalue weighted by molar-refractivity contribution is 6.28. The molecule has 6 heteroatoms. The van der Waals surface area contributed by atoms with Crippen molar-refractivity contribution in [3.05, 3.63) is 11.6 Å². The Balaban J connectivity index is 2.47. The lowest BCUT2D eigenvalue weighted by atomic mass is 10.1. The zero-order valence-corrected chi connectivity index (χ0v) is 10.2. The van der Waals surface area contributed by atoms with E-state index in [0.29, 0.717) is 17.0 Å². The molecule has 0 spiro atoms. The number of H-pyrrole nitrogens is 1. The first-order valence-electron chi connectivity index (χ1n) is 5.07. The van der Waals surface area contributed by atoms with Crippen molar-refractivity contribution >= 4 is 22.8 Å². The van der Waals surface area contributed by atoms with Gasteiger partial charge in [0.25, 0.3) is 0 Å². The fourth-order valence-corrected chi connectivity index (χ4v) is 1.35. The monoisotopic (exact) mass is 240 g/mol. The Morgan fingerprint density at radius 2 is 2.19 bits per heavy atom.